The van der Waals surface area contributed by atoms with Crippen molar-refractivity contribution in [3.63, 3.8) is 0 Å². The zero-order valence-electron chi connectivity index (χ0n) is 14.8. The van der Waals surface area contributed by atoms with E-state index in [-0.39, 0.29) is 42.0 Å². The van der Waals surface area contributed by atoms with Crippen LogP contribution < -0.4 is 5.32 Å². The third-order valence-corrected chi connectivity index (χ3v) is 4.98. The number of allylic oxidation sites excluding steroid dienone is 2. The third kappa shape index (κ3) is 3.79. The second-order valence-corrected chi connectivity index (χ2v) is 6.62. The summed E-state index contributed by atoms with van der Waals surface area (Å²) in [6, 6.07) is 0. The van der Waals surface area contributed by atoms with Crippen molar-refractivity contribution in [3.05, 3.63) is 12.2 Å². The number of hydrogen-bond acceptors (Lipinski definition) is 4. The minimum Gasteiger partial charge on any atom is -0.468 e. The van der Waals surface area contributed by atoms with Gasteiger partial charge in [-0.25, -0.2) is 0 Å². The maximum atomic E-state index is 13.0. The van der Waals surface area contributed by atoms with Crippen LogP contribution in [-0.2, 0) is 19.1 Å². The first-order valence-corrected chi connectivity index (χ1v) is 8.85. The molecule has 4 atom stereocenters. The van der Waals surface area contributed by atoms with Crippen molar-refractivity contribution in [1.29, 1.82) is 0 Å². The van der Waals surface area contributed by atoms with E-state index in [1.807, 2.05) is 11.0 Å². The lowest BCUT2D eigenvalue weighted by Crippen LogP contribution is -2.47. The molecule has 0 saturated heterocycles. The smallest absolute Gasteiger partial charge is 0.325 e. The molecule has 6 nitrogen and oxygen atoms in total. The summed E-state index contributed by atoms with van der Waals surface area (Å²) in [5.41, 5.74) is 0. The summed E-state index contributed by atoms with van der Waals surface area (Å²) in [7, 11) is 1.29. The van der Waals surface area contributed by atoms with E-state index in [0.717, 1.165) is 32.4 Å². The van der Waals surface area contributed by atoms with E-state index in [9.17, 15) is 14.4 Å². The Morgan fingerprint density at radius 1 is 1.08 bits per heavy atom. The molecule has 0 aliphatic heterocycles. The van der Waals surface area contributed by atoms with Crippen LogP contribution in [0.4, 0.5) is 0 Å². The number of amides is 2. The zero-order valence-corrected chi connectivity index (χ0v) is 14.8. The van der Waals surface area contributed by atoms with Crippen LogP contribution in [0.25, 0.3) is 0 Å². The van der Waals surface area contributed by atoms with Gasteiger partial charge < -0.3 is 15.0 Å². The van der Waals surface area contributed by atoms with Gasteiger partial charge in [0.2, 0.25) is 11.8 Å². The lowest BCUT2D eigenvalue weighted by Gasteiger charge is -2.31. The number of nitrogens with one attached hydrogen (secondary N) is 1. The van der Waals surface area contributed by atoms with Gasteiger partial charge in [-0.2, -0.15) is 0 Å². The molecule has 2 bridgehead atoms. The Kier molecular flexibility index (Phi) is 6.40. The Balaban J connectivity index is 2.11. The topological polar surface area (TPSA) is 75.7 Å². The van der Waals surface area contributed by atoms with Crippen LogP contribution in [0.5, 0.6) is 0 Å². The second kappa shape index (κ2) is 8.31. The summed E-state index contributed by atoms with van der Waals surface area (Å²) in [6.07, 6.45) is 6.77. The average molecular weight is 336 g/mol. The van der Waals surface area contributed by atoms with E-state index in [1.54, 1.807) is 0 Å². The molecule has 0 heterocycles. The van der Waals surface area contributed by atoms with Gasteiger partial charge >= 0.3 is 5.97 Å². The highest BCUT2D eigenvalue weighted by molar-refractivity contribution is 5.91. The van der Waals surface area contributed by atoms with Gasteiger partial charge in [0.15, 0.2) is 0 Å². The monoisotopic (exact) mass is 336 g/mol. The predicted molar refractivity (Wildman–Crippen MR) is 89.9 cm³/mol. The highest BCUT2D eigenvalue weighted by atomic mass is 16.5. The molecule has 2 aliphatic carbocycles. The van der Waals surface area contributed by atoms with Crippen molar-refractivity contribution in [2.24, 2.45) is 23.7 Å². The fourth-order valence-corrected chi connectivity index (χ4v) is 3.95. The van der Waals surface area contributed by atoms with Crippen LogP contribution in [0.3, 0.4) is 0 Å². The van der Waals surface area contributed by atoms with E-state index < -0.39 is 5.97 Å². The van der Waals surface area contributed by atoms with Crippen molar-refractivity contribution in [2.45, 2.75) is 33.1 Å². The molecular formula is C18H28N2O4. The molecule has 6 heteroatoms. The first-order chi connectivity index (χ1) is 11.5. The van der Waals surface area contributed by atoms with Gasteiger partial charge in [-0.3, -0.25) is 14.4 Å². The number of hydrogen-bond donors (Lipinski definition) is 1. The van der Waals surface area contributed by atoms with E-state index in [2.05, 4.69) is 30.0 Å². The number of esters is 1. The fourth-order valence-electron chi connectivity index (χ4n) is 3.95. The number of ether oxygens (including phenoxy) is 1. The number of methoxy groups -OCH3 is 1. The molecular weight excluding hydrogens is 308 g/mol. The molecule has 0 aromatic rings. The lowest BCUT2D eigenvalue weighted by atomic mass is 9.81. The number of nitrogens with zero attached hydrogens (tertiary/aromatic N) is 1. The van der Waals surface area contributed by atoms with E-state index in [1.165, 1.54) is 7.11 Å². The van der Waals surface area contributed by atoms with E-state index in [0.29, 0.717) is 0 Å². The Labute approximate surface area is 143 Å². The quantitative estimate of drug-likeness (QED) is 0.536. The summed E-state index contributed by atoms with van der Waals surface area (Å²) in [6.45, 7) is 5.40. The van der Waals surface area contributed by atoms with E-state index in [4.69, 9.17) is 0 Å². The molecule has 0 spiro atoms. The Morgan fingerprint density at radius 2 is 1.67 bits per heavy atom. The molecule has 1 saturated carbocycles. The standard InChI is InChI=1S/C18H28N2O4/c1-4-8-20(9-5-2)18(23)16-13-7-6-12(10-13)15(16)17(22)19-11-14(21)24-3/h6-7,12-13,15-16H,4-5,8-11H2,1-3H3,(H,19,22)/t12-,13-,15+,16+/m0/s1. The van der Waals surface area contributed by atoms with Gasteiger partial charge in [0.1, 0.15) is 6.54 Å². The predicted octanol–water partition coefficient (Wildman–Crippen LogP) is 1.36. The third-order valence-electron chi connectivity index (χ3n) is 4.98. The van der Waals surface area contributed by atoms with Crippen LogP contribution in [0.2, 0.25) is 0 Å². The minimum absolute atomic E-state index is 0.0776. The first-order valence-electron chi connectivity index (χ1n) is 8.85. The molecule has 0 radical (unpaired) electrons. The summed E-state index contributed by atoms with van der Waals surface area (Å²) in [4.78, 5) is 38.8. The van der Waals surface area contributed by atoms with Gasteiger partial charge in [-0.1, -0.05) is 26.0 Å². The van der Waals surface area contributed by atoms with Gasteiger partial charge in [0, 0.05) is 13.1 Å². The molecule has 2 aliphatic rings. The number of carbonyl (C=O) groups excluding carboxylic acids is 3. The zero-order chi connectivity index (χ0) is 17.7. The highest BCUT2D eigenvalue weighted by Crippen LogP contribution is 2.48. The Bertz CT molecular complexity index is 511. The van der Waals surface area contributed by atoms with Gasteiger partial charge in [-0.15, -0.1) is 0 Å². The molecule has 1 fully saturated rings. The number of rotatable bonds is 8. The van der Waals surface area contributed by atoms with Gasteiger partial charge in [-0.05, 0) is 31.1 Å². The molecule has 24 heavy (non-hydrogen) atoms. The summed E-state index contributed by atoms with van der Waals surface area (Å²) >= 11 is 0. The van der Waals surface area contributed by atoms with E-state index >= 15 is 0 Å². The van der Waals surface area contributed by atoms with Crippen molar-refractivity contribution in [1.82, 2.24) is 10.2 Å². The lowest BCUT2D eigenvalue weighted by molar-refractivity contribution is -0.144. The van der Waals surface area contributed by atoms with Crippen LogP contribution in [-0.4, -0.2) is 49.4 Å². The van der Waals surface area contributed by atoms with Crippen LogP contribution in [0.15, 0.2) is 12.2 Å². The number of carbonyl (C=O) groups is 3. The van der Waals surface area contributed by atoms with Crippen LogP contribution in [0.1, 0.15) is 33.1 Å². The molecule has 2 rings (SSSR count). The molecule has 134 valence electrons. The van der Waals surface area contributed by atoms with Crippen LogP contribution in [0, 0.1) is 23.7 Å². The Hall–Kier alpha value is -1.85. The van der Waals surface area contributed by atoms with Crippen molar-refractivity contribution < 1.29 is 19.1 Å². The molecule has 0 aromatic carbocycles. The van der Waals surface area contributed by atoms with Gasteiger partial charge in [0.25, 0.3) is 0 Å². The Morgan fingerprint density at radius 3 is 2.21 bits per heavy atom. The minimum atomic E-state index is -0.483. The maximum Gasteiger partial charge on any atom is 0.325 e. The summed E-state index contributed by atoms with van der Waals surface area (Å²) in [5.74, 6) is -1.09. The molecule has 2 amide bonds. The SMILES string of the molecule is CCCN(CCC)C(=O)[C@H]1[C@H](C(=O)NCC(=O)OC)[C@H]2C=C[C@H]1C2. The molecule has 0 unspecified atom stereocenters. The fraction of sp³-hybridized carbons (Fsp3) is 0.722. The van der Waals surface area contributed by atoms with Crippen molar-refractivity contribution in [2.75, 3.05) is 26.7 Å². The summed E-state index contributed by atoms with van der Waals surface area (Å²) < 4.78 is 4.56. The van der Waals surface area contributed by atoms with Crippen molar-refractivity contribution >= 4 is 17.8 Å². The van der Waals surface area contributed by atoms with Gasteiger partial charge in [0.05, 0.1) is 18.9 Å². The highest BCUT2D eigenvalue weighted by Gasteiger charge is 2.52. The number of fused-ring (bicyclic) bond motifs is 2. The normalized spacial score (nSPS) is 27.1. The van der Waals surface area contributed by atoms with Crippen molar-refractivity contribution in [3.8, 4) is 0 Å². The average Bonchev–Trinajstić information content (AvgIpc) is 3.19. The maximum absolute atomic E-state index is 13.0. The van der Waals surface area contributed by atoms with Crippen LogP contribution >= 0.6 is 0 Å². The molecule has 1 N–H and O–H groups in total. The molecule has 0 aromatic heterocycles. The second-order valence-electron chi connectivity index (χ2n) is 6.62. The summed E-state index contributed by atoms with van der Waals surface area (Å²) in [5, 5.41) is 2.63. The largest absolute Gasteiger partial charge is 0.468 e. The first kappa shape index (κ1) is 18.5.